The van der Waals surface area contributed by atoms with Crippen molar-refractivity contribution in [2.24, 2.45) is 0 Å². The highest BCUT2D eigenvalue weighted by molar-refractivity contribution is 6.14. The lowest BCUT2D eigenvalue weighted by atomic mass is 10.0. The molecule has 0 fully saturated rings. The molecule has 2 aromatic carbocycles. The molecule has 122 valence electrons. The van der Waals surface area contributed by atoms with E-state index in [4.69, 9.17) is 14.2 Å². The van der Waals surface area contributed by atoms with Gasteiger partial charge in [-0.25, -0.2) is 0 Å². The van der Waals surface area contributed by atoms with Crippen LogP contribution in [0.3, 0.4) is 0 Å². The molecule has 0 aliphatic carbocycles. The minimum absolute atomic E-state index is 0.0111. The molecular formula is C19H17NO4. The van der Waals surface area contributed by atoms with Crippen LogP contribution in [0.1, 0.15) is 15.9 Å². The van der Waals surface area contributed by atoms with Crippen molar-refractivity contribution in [1.82, 2.24) is 0 Å². The van der Waals surface area contributed by atoms with Gasteiger partial charge in [0.1, 0.15) is 28.9 Å². The first-order chi connectivity index (χ1) is 11.6. The molecule has 0 heterocycles. The van der Waals surface area contributed by atoms with Crippen molar-refractivity contribution >= 4 is 11.9 Å². The Morgan fingerprint density at radius 1 is 1.00 bits per heavy atom. The molecular weight excluding hydrogens is 306 g/mol. The van der Waals surface area contributed by atoms with E-state index in [9.17, 15) is 10.1 Å². The second kappa shape index (κ2) is 7.84. The summed E-state index contributed by atoms with van der Waals surface area (Å²) < 4.78 is 15.9. The Kier molecular flexibility index (Phi) is 5.58. The monoisotopic (exact) mass is 323 g/mol. The van der Waals surface area contributed by atoms with Crippen molar-refractivity contribution < 1.29 is 19.0 Å². The zero-order valence-corrected chi connectivity index (χ0v) is 13.7. The highest BCUT2D eigenvalue weighted by Crippen LogP contribution is 2.35. The van der Waals surface area contributed by atoms with E-state index in [-0.39, 0.29) is 11.4 Å². The summed E-state index contributed by atoms with van der Waals surface area (Å²) in [6.07, 6.45) is 1.46. The summed E-state index contributed by atoms with van der Waals surface area (Å²) in [4.78, 5) is 12.5. The van der Waals surface area contributed by atoms with Gasteiger partial charge in [-0.3, -0.25) is 4.79 Å². The van der Waals surface area contributed by atoms with Gasteiger partial charge in [0.05, 0.1) is 26.9 Å². The van der Waals surface area contributed by atoms with Gasteiger partial charge in [-0.1, -0.05) is 30.3 Å². The summed E-state index contributed by atoms with van der Waals surface area (Å²) in [6, 6.07) is 13.9. The standard InChI is InChI=1S/C19H17NO4/c1-22-15-10-17(23-2)16(18(11-15)24-3)9-14(12-20)19(21)13-7-5-4-6-8-13/h4-11H,1-3H3/b14-9-. The molecule has 5 nitrogen and oxygen atoms in total. The molecule has 2 rings (SSSR count). The van der Waals surface area contributed by atoms with Crippen LogP contribution in [-0.2, 0) is 0 Å². The van der Waals surface area contributed by atoms with Gasteiger partial charge in [0.25, 0.3) is 0 Å². The molecule has 0 spiro atoms. The summed E-state index contributed by atoms with van der Waals surface area (Å²) in [5.41, 5.74) is 0.932. The van der Waals surface area contributed by atoms with Gasteiger partial charge in [0, 0.05) is 17.7 Å². The lowest BCUT2D eigenvalue weighted by molar-refractivity contribution is 0.104. The van der Waals surface area contributed by atoms with Gasteiger partial charge < -0.3 is 14.2 Å². The first-order valence-electron chi connectivity index (χ1n) is 7.16. The topological polar surface area (TPSA) is 68.5 Å². The fourth-order valence-electron chi connectivity index (χ4n) is 2.21. The number of carbonyl (C=O) groups excluding carboxylic acids is 1. The first-order valence-corrected chi connectivity index (χ1v) is 7.16. The van der Waals surface area contributed by atoms with Crippen molar-refractivity contribution in [3.8, 4) is 23.3 Å². The summed E-state index contributed by atoms with van der Waals surface area (Å²) in [6.45, 7) is 0. The predicted molar refractivity (Wildman–Crippen MR) is 90.5 cm³/mol. The average molecular weight is 323 g/mol. The van der Waals surface area contributed by atoms with Crippen LogP contribution in [0.25, 0.3) is 6.08 Å². The molecule has 24 heavy (non-hydrogen) atoms. The van der Waals surface area contributed by atoms with E-state index in [0.717, 1.165) is 0 Å². The van der Waals surface area contributed by atoms with E-state index in [1.165, 1.54) is 27.4 Å². The third-order valence-corrected chi connectivity index (χ3v) is 3.44. The van der Waals surface area contributed by atoms with Gasteiger partial charge in [0.2, 0.25) is 5.78 Å². The van der Waals surface area contributed by atoms with Crippen molar-refractivity contribution in [3.05, 3.63) is 59.2 Å². The number of carbonyl (C=O) groups is 1. The van der Waals surface area contributed by atoms with Crippen molar-refractivity contribution in [1.29, 1.82) is 5.26 Å². The Bertz CT molecular complexity index is 779. The molecule has 0 aromatic heterocycles. The van der Waals surface area contributed by atoms with E-state index >= 15 is 0 Å². The second-order valence-corrected chi connectivity index (χ2v) is 4.81. The quantitative estimate of drug-likeness (QED) is 0.462. The van der Waals surface area contributed by atoms with Gasteiger partial charge in [-0.05, 0) is 6.08 Å². The molecule has 0 N–H and O–H groups in total. The fraction of sp³-hybridized carbons (Fsp3) is 0.158. The van der Waals surface area contributed by atoms with E-state index in [2.05, 4.69) is 0 Å². The number of nitrogens with zero attached hydrogens (tertiary/aromatic N) is 1. The predicted octanol–water partition coefficient (Wildman–Crippen LogP) is 3.50. The number of methoxy groups -OCH3 is 3. The molecule has 0 atom stereocenters. The van der Waals surface area contributed by atoms with E-state index in [0.29, 0.717) is 28.4 Å². The molecule has 2 aromatic rings. The third-order valence-electron chi connectivity index (χ3n) is 3.44. The second-order valence-electron chi connectivity index (χ2n) is 4.81. The summed E-state index contributed by atoms with van der Waals surface area (Å²) in [5, 5.41) is 9.40. The zero-order valence-electron chi connectivity index (χ0n) is 13.7. The minimum atomic E-state index is -0.363. The Morgan fingerprint density at radius 2 is 1.58 bits per heavy atom. The Labute approximate surface area is 140 Å². The van der Waals surface area contributed by atoms with Crippen LogP contribution in [0.2, 0.25) is 0 Å². The van der Waals surface area contributed by atoms with E-state index in [1.54, 1.807) is 36.4 Å². The molecule has 5 heteroatoms. The maximum absolute atomic E-state index is 12.5. The maximum atomic E-state index is 12.5. The smallest absolute Gasteiger partial charge is 0.203 e. The van der Waals surface area contributed by atoms with E-state index < -0.39 is 0 Å². The van der Waals surface area contributed by atoms with Crippen LogP contribution in [0.4, 0.5) is 0 Å². The molecule has 0 unspecified atom stereocenters. The number of hydrogen-bond donors (Lipinski definition) is 0. The number of nitriles is 1. The lowest BCUT2D eigenvalue weighted by Gasteiger charge is -2.13. The largest absolute Gasteiger partial charge is 0.496 e. The van der Waals surface area contributed by atoms with Crippen LogP contribution >= 0.6 is 0 Å². The molecule has 0 radical (unpaired) electrons. The van der Waals surface area contributed by atoms with Crippen molar-refractivity contribution in [3.63, 3.8) is 0 Å². The number of hydrogen-bond acceptors (Lipinski definition) is 5. The van der Waals surface area contributed by atoms with Gasteiger partial charge in [-0.2, -0.15) is 5.26 Å². The normalized spacial score (nSPS) is 10.7. The fourth-order valence-corrected chi connectivity index (χ4v) is 2.21. The minimum Gasteiger partial charge on any atom is -0.496 e. The summed E-state index contributed by atoms with van der Waals surface area (Å²) in [7, 11) is 4.52. The molecule has 0 bridgehead atoms. The number of allylic oxidation sites excluding steroid dienone is 1. The number of Topliss-reactive ketones (excluding diaryl/α,β-unsaturated/α-hetero) is 1. The van der Waals surface area contributed by atoms with E-state index in [1.807, 2.05) is 12.1 Å². The van der Waals surface area contributed by atoms with Gasteiger partial charge >= 0.3 is 0 Å². The van der Waals surface area contributed by atoms with Gasteiger partial charge in [0.15, 0.2) is 0 Å². The highest BCUT2D eigenvalue weighted by atomic mass is 16.5. The Balaban J connectivity index is 2.55. The first kappa shape index (κ1) is 17.1. The van der Waals surface area contributed by atoms with Crippen LogP contribution in [0.5, 0.6) is 17.2 Å². The van der Waals surface area contributed by atoms with Crippen LogP contribution < -0.4 is 14.2 Å². The number of ketones is 1. The number of rotatable bonds is 6. The molecule has 0 amide bonds. The van der Waals surface area contributed by atoms with Crippen LogP contribution in [-0.4, -0.2) is 27.1 Å². The Morgan fingerprint density at radius 3 is 2.04 bits per heavy atom. The highest BCUT2D eigenvalue weighted by Gasteiger charge is 2.16. The summed E-state index contributed by atoms with van der Waals surface area (Å²) >= 11 is 0. The Hall–Kier alpha value is -3.26. The SMILES string of the molecule is COc1cc(OC)c(/C=C(/C#N)C(=O)c2ccccc2)c(OC)c1. The van der Waals surface area contributed by atoms with Crippen molar-refractivity contribution in [2.45, 2.75) is 0 Å². The van der Waals surface area contributed by atoms with Crippen LogP contribution in [0, 0.1) is 11.3 Å². The summed E-state index contributed by atoms with van der Waals surface area (Å²) in [5.74, 6) is 1.08. The number of ether oxygens (including phenoxy) is 3. The molecule has 0 aliphatic heterocycles. The third kappa shape index (κ3) is 3.55. The average Bonchev–Trinajstić information content (AvgIpc) is 2.65. The maximum Gasteiger partial charge on any atom is 0.203 e. The number of benzene rings is 2. The molecule has 0 aliphatic rings. The van der Waals surface area contributed by atoms with Crippen LogP contribution in [0.15, 0.2) is 48.0 Å². The lowest BCUT2D eigenvalue weighted by Crippen LogP contribution is -2.02. The zero-order chi connectivity index (χ0) is 17.5. The van der Waals surface area contributed by atoms with Gasteiger partial charge in [-0.15, -0.1) is 0 Å². The van der Waals surface area contributed by atoms with Crippen molar-refractivity contribution in [2.75, 3.05) is 21.3 Å². The molecule has 0 saturated carbocycles. The molecule has 0 saturated heterocycles.